The number of hydrogen-bond acceptors (Lipinski definition) is 3. The summed E-state index contributed by atoms with van der Waals surface area (Å²) in [5.74, 6) is -0.342. The molecule has 0 aliphatic carbocycles. The third kappa shape index (κ3) is 5.07. The van der Waals surface area contributed by atoms with Gasteiger partial charge in [-0.05, 0) is 56.5 Å². The SMILES string of the molecule is O=C(O)c1ccc([C@H]2CCCN(C(=O)CN3CCCCCCC3)C2)cc1. The summed E-state index contributed by atoms with van der Waals surface area (Å²) >= 11 is 0. The minimum atomic E-state index is -0.898. The summed E-state index contributed by atoms with van der Waals surface area (Å²) in [5.41, 5.74) is 1.45. The van der Waals surface area contributed by atoms with Crippen LogP contribution in [-0.2, 0) is 4.79 Å². The van der Waals surface area contributed by atoms with Gasteiger partial charge in [0.15, 0.2) is 0 Å². The lowest BCUT2D eigenvalue weighted by atomic mass is 9.90. The van der Waals surface area contributed by atoms with E-state index in [1.807, 2.05) is 17.0 Å². The van der Waals surface area contributed by atoms with Crippen molar-refractivity contribution >= 4 is 11.9 Å². The van der Waals surface area contributed by atoms with E-state index >= 15 is 0 Å². The van der Waals surface area contributed by atoms with Crippen LogP contribution < -0.4 is 0 Å². The molecule has 0 saturated carbocycles. The van der Waals surface area contributed by atoms with Gasteiger partial charge in [0, 0.05) is 19.0 Å². The first-order chi connectivity index (χ1) is 12.6. The lowest BCUT2D eigenvalue weighted by Gasteiger charge is -2.35. The van der Waals surface area contributed by atoms with Crippen molar-refractivity contribution in [1.29, 1.82) is 0 Å². The van der Waals surface area contributed by atoms with Gasteiger partial charge in [0.25, 0.3) is 0 Å². The molecule has 1 aromatic rings. The molecular formula is C21H30N2O3. The number of aromatic carboxylic acids is 1. The van der Waals surface area contributed by atoms with Crippen LogP contribution in [0.1, 0.15) is 66.8 Å². The molecule has 5 heteroatoms. The number of carbonyl (C=O) groups excluding carboxylic acids is 1. The Labute approximate surface area is 156 Å². The number of carboxylic acids is 1. The fraction of sp³-hybridized carbons (Fsp3) is 0.619. The van der Waals surface area contributed by atoms with E-state index in [1.54, 1.807) is 12.1 Å². The highest BCUT2D eigenvalue weighted by Gasteiger charge is 2.26. The Morgan fingerprint density at radius 3 is 2.23 bits per heavy atom. The Balaban J connectivity index is 1.56. The second-order valence-electron chi connectivity index (χ2n) is 7.65. The average molecular weight is 358 g/mol. The van der Waals surface area contributed by atoms with Gasteiger partial charge in [0.2, 0.25) is 5.91 Å². The van der Waals surface area contributed by atoms with Gasteiger partial charge in [-0.15, -0.1) is 0 Å². The minimum absolute atomic E-state index is 0.248. The summed E-state index contributed by atoms with van der Waals surface area (Å²) in [6, 6.07) is 7.14. The van der Waals surface area contributed by atoms with Gasteiger partial charge in [-0.1, -0.05) is 31.4 Å². The molecule has 142 valence electrons. The molecule has 2 saturated heterocycles. The van der Waals surface area contributed by atoms with Crippen molar-refractivity contribution in [3.63, 3.8) is 0 Å². The molecule has 3 rings (SSSR count). The van der Waals surface area contributed by atoms with Gasteiger partial charge in [-0.3, -0.25) is 9.69 Å². The smallest absolute Gasteiger partial charge is 0.335 e. The van der Waals surface area contributed by atoms with Crippen molar-refractivity contribution < 1.29 is 14.7 Å². The van der Waals surface area contributed by atoms with Gasteiger partial charge in [0.05, 0.1) is 12.1 Å². The predicted molar refractivity (Wildman–Crippen MR) is 101 cm³/mol. The zero-order chi connectivity index (χ0) is 18.4. The van der Waals surface area contributed by atoms with Crippen molar-refractivity contribution in [3.05, 3.63) is 35.4 Å². The first-order valence-electron chi connectivity index (χ1n) is 9.97. The first-order valence-corrected chi connectivity index (χ1v) is 9.97. The van der Waals surface area contributed by atoms with Gasteiger partial charge < -0.3 is 10.0 Å². The molecule has 0 bridgehead atoms. The Bertz CT molecular complexity index is 606. The van der Waals surface area contributed by atoms with Crippen molar-refractivity contribution in [3.8, 4) is 0 Å². The zero-order valence-electron chi connectivity index (χ0n) is 15.5. The first kappa shape index (κ1) is 18.9. The number of nitrogens with zero attached hydrogens (tertiary/aromatic N) is 2. The zero-order valence-corrected chi connectivity index (χ0v) is 15.5. The van der Waals surface area contributed by atoms with Gasteiger partial charge in [0.1, 0.15) is 0 Å². The second kappa shape index (κ2) is 9.17. The van der Waals surface area contributed by atoms with Gasteiger partial charge in [-0.25, -0.2) is 4.79 Å². The molecule has 0 unspecified atom stereocenters. The number of benzene rings is 1. The monoisotopic (exact) mass is 358 g/mol. The quantitative estimate of drug-likeness (QED) is 0.897. The Morgan fingerprint density at radius 2 is 1.58 bits per heavy atom. The predicted octanol–water partition coefficient (Wildman–Crippen LogP) is 3.36. The highest BCUT2D eigenvalue weighted by Crippen LogP contribution is 2.27. The van der Waals surface area contributed by atoms with Crippen LogP contribution >= 0.6 is 0 Å². The largest absolute Gasteiger partial charge is 0.478 e. The van der Waals surface area contributed by atoms with E-state index in [0.717, 1.165) is 44.6 Å². The normalized spacial score (nSPS) is 22.5. The van der Waals surface area contributed by atoms with Crippen molar-refractivity contribution in [2.24, 2.45) is 0 Å². The van der Waals surface area contributed by atoms with Crippen LogP contribution in [0, 0.1) is 0 Å². The number of hydrogen-bond donors (Lipinski definition) is 1. The van der Waals surface area contributed by atoms with Crippen molar-refractivity contribution in [1.82, 2.24) is 9.80 Å². The third-order valence-corrected chi connectivity index (χ3v) is 5.71. The average Bonchev–Trinajstić information content (AvgIpc) is 2.64. The molecule has 2 heterocycles. The number of rotatable bonds is 4. The number of carbonyl (C=O) groups is 2. The molecule has 0 aromatic heterocycles. The van der Waals surface area contributed by atoms with Gasteiger partial charge >= 0.3 is 5.97 Å². The molecule has 1 atom stereocenters. The van der Waals surface area contributed by atoms with E-state index in [9.17, 15) is 9.59 Å². The topological polar surface area (TPSA) is 60.9 Å². The van der Waals surface area contributed by atoms with E-state index in [1.165, 1.54) is 32.1 Å². The van der Waals surface area contributed by atoms with Crippen LogP contribution in [0.4, 0.5) is 0 Å². The highest BCUT2D eigenvalue weighted by atomic mass is 16.4. The van der Waals surface area contributed by atoms with E-state index in [4.69, 9.17) is 5.11 Å². The minimum Gasteiger partial charge on any atom is -0.478 e. The molecule has 1 aromatic carbocycles. The summed E-state index contributed by atoms with van der Waals surface area (Å²) < 4.78 is 0. The maximum Gasteiger partial charge on any atom is 0.335 e. The van der Waals surface area contributed by atoms with E-state index in [-0.39, 0.29) is 5.91 Å². The van der Waals surface area contributed by atoms with Crippen LogP contribution in [-0.4, -0.2) is 59.5 Å². The van der Waals surface area contributed by atoms with Gasteiger partial charge in [-0.2, -0.15) is 0 Å². The summed E-state index contributed by atoms with van der Waals surface area (Å²) in [7, 11) is 0. The molecule has 1 N–H and O–H groups in total. The summed E-state index contributed by atoms with van der Waals surface area (Å²) in [4.78, 5) is 28.1. The number of piperidine rings is 1. The third-order valence-electron chi connectivity index (χ3n) is 5.71. The van der Waals surface area contributed by atoms with Crippen LogP contribution in [0.25, 0.3) is 0 Å². The van der Waals surface area contributed by atoms with E-state index in [2.05, 4.69) is 4.90 Å². The molecule has 26 heavy (non-hydrogen) atoms. The van der Waals surface area contributed by atoms with Crippen LogP contribution in [0.15, 0.2) is 24.3 Å². The number of amides is 1. The standard InChI is InChI=1S/C21H30N2O3/c24-20(16-22-12-4-2-1-3-5-13-22)23-14-6-7-19(15-23)17-8-10-18(11-9-17)21(25)26/h8-11,19H,1-7,12-16H2,(H,25,26)/t19-/m0/s1. The molecule has 0 spiro atoms. The molecule has 2 aliphatic heterocycles. The fourth-order valence-electron chi connectivity index (χ4n) is 4.14. The Kier molecular flexibility index (Phi) is 6.67. The molecule has 1 amide bonds. The lowest BCUT2D eigenvalue weighted by Crippen LogP contribution is -2.45. The van der Waals surface area contributed by atoms with E-state index in [0.29, 0.717) is 18.0 Å². The molecule has 2 fully saturated rings. The maximum absolute atomic E-state index is 12.8. The highest BCUT2D eigenvalue weighted by molar-refractivity contribution is 5.87. The van der Waals surface area contributed by atoms with Crippen LogP contribution in [0.5, 0.6) is 0 Å². The van der Waals surface area contributed by atoms with Crippen LogP contribution in [0.3, 0.4) is 0 Å². The lowest BCUT2D eigenvalue weighted by molar-refractivity contribution is -0.133. The number of carboxylic acid groups (broad SMARTS) is 1. The summed E-state index contributed by atoms with van der Waals surface area (Å²) in [5, 5.41) is 9.04. The van der Waals surface area contributed by atoms with E-state index < -0.39 is 5.97 Å². The Morgan fingerprint density at radius 1 is 0.923 bits per heavy atom. The molecular weight excluding hydrogens is 328 g/mol. The Hall–Kier alpha value is -1.88. The summed E-state index contributed by atoms with van der Waals surface area (Å²) in [6.45, 7) is 4.22. The van der Waals surface area contributed by atoms with Crippen molar-refractivity contribution in [2.75, 3.05) is 32.7 Å². The molecule has 0 radical (unpaired) electrons. The maximum atomic E-state index is 12.8. The summed E-state index contributed by atoms with van der Waals surface area (Å²) in [6.07, 6.45) is 8.36. The van der Waals surface area contributed by atoms with Crippen molar-refractivity contribution in [2.45, 2.75) is 50.9 Å². The molecule has 5 nitrogen and oxygen atoms in total. The fourth-order valence-corrected chi connectivity index (χ4v) is 4.14. The van der Waals surface area contributed by atoms with Crippen LogP contribution in [0.2, 0.25) is 0 Å². The second-order valence-corrected chi connectivity index (χ2v) is 7.65. The molecule has 2 aliphatic rings. The number of likely N-dealkylation sites (tertiary alicyclic amines) is 2.